The van der Waals surface area contributed by atoms with Crippen LogP contribution in [0.4, 0.5) is 0 Å². The van der Waals surface area contributed by atoms with Crippen LogP contribution in [0.2, 0.25) is 0 Å². The van der Waals surface area contributed by atoms with Crippen molar-refractivity contribution < 1.29 is 0 Å². The van der Waals surface area contributed by atoms with E-state index in [2.05, 4.69) is 45.0 Å². The van der Waals surface area contributed by atoms with Gasteiger partial charge in [0.1, 0.15) is 0 Å². The number of nitrogens with zero attached hydrogens (tertiary/aromatic N) is 1. The minimum atomic E-state index is 1.04. The lowest BCUT2D eigenvalue weighted by molar-refractivity contribution is 1.13. The standard InChI is InChI=1S/C15H15N/c1-9-5-4-6-12-8-13-7-10(2)11(3)16-15(13)14(9)12/h4-7H,8H2,1-3H3. The smallest absolute Gasteiger partial charge is 0.0746 e. The first-order valence-corrected chi connectivity index (χ1v) is 5.73. The summed E-state index contributed by atoms with van der Waals surface area (Å²) in [6.07, 6.45) is 1.04. The Hall–Kier alpha value is -1.63. The number of hydrogen-bond donors (Lipinski definition) is 0. The van der Waals surface area contributed by atoms with Gasteiger partial charge < -0.3 is 0 Å². The molecule has 0 fully saturated rings. The highest BCUT2D eigenvalue weighted by Gasteiger charge is 2.21. The average Bonchev–Trinajstić information content (AvgIpc) is 2.58. The van der Waals surface area contributed by atoms with E-state index in [0.29, 0.717) is 0 Å². The van der Waals surface area contributed by atoms with Crippen LogP contribution in [0.3, 0.4) is 0 Å². The van der Waals surface area contributed by atoms with Crippen molar-refractivity contribution in [3.63, 3.8) is 0 Å². The molecule has 1 nitrogen and oxygen atoms in total. The highest BCUT2D eigenvalue weighted by Crippen LogP contribution is 2.37. The minimum Gasteiger partial charge on any atom is -0.253 e. The molecule has 1 heteroatoms. The lowest BCUT2D eigenvalue weighted by Crippen LogP contribution is -1.92. The van der Waals surface area contributed by atoms with Gasteiger partial charge in [0.15, 0.2) is 0 Å². The lowest BCUT2D eigenvalue weighted by Gasteiger charge is -2.06. The van der Waals surface area contributed by atoms with Gasteiger partial charge in [-0.1, -0.05) is 24.3 Å². The van der Waals surface area contributed by atoms with Gasteiger partial charge >= 0.3 is 0 Å². The zero-order valence-electron chi connectivity index (χ0n) is 9.96. The molecule has 80 valence electrons. The summed E-state index contributed by atoms with van der Waals surface area (Å²) in [7, 11) is 0. The molecule has 1 aromatic carbocycles. The molecule has 0 saturated heterocycles. The molecule has 0 atom stereocenters. The number of fused-ring (bicyclic) bond motifs is 3. The van der Waals surface area contributed by atoms with Crippen molar-refractivity contribution in [3.8, 4) is 11.3 Å². The quantitative estimate of drug-likeness (QED) is 0.551. The third-order valence-electron chi connectivity index (χ3n) is 3.52. The van der Waals surface area contributed by atoms with Gasteiger partial charge in [-0.15, -0.1) is 0 Å². The summed E-state index contributed by atoms with van der Waals surface area (Å²) < 4.78 is 0. The number of pyridine rings is 1. The van der Waals surface area contributed by atoms with E-state index < -0.39 is 0 Å². The second kappa shape index (κ2) is 3.18. The number of aromatic nitrogens is 1. The molecule has 1 aliphatic carbocycles. The average molecular weight is 209 g/mol. The van der Waals surface area contributed by atoms with E-state index in [0.717, 1.165) is 12.1 Å². The molecule has 0 unspecified atom stereocenters. The Morgan fingerprint density at radius 1 is 1.00 bits per heavy atom. The fourth-order valence-corrected chi connectivity index (χ4v) is 2.53. The highest BCUT2D eigenvalue weighted by molar-refractivity contribution is 5.76. The fourth-order valence-electron chi connectivity index (χ4n) is 2.53. The van der Waals surface area contributed by atoms with Crippen LogP contribution in [0.15, 0.2) is 24.3 Å². The van der Waals surface area contributed by atoms with Crippen LogP contribution in [0.1, 0.15) is 27.9 Å². The summed E-state index contributed by atoms with van der Waals surface area (Å²) >= 11 is 0. The third-order valence-corrected chi connectivity index (χ3v) is 3.52. The van der Waals surface area contributed by atoms with E-state index in [4.69, 9.17) is 4.98 Å². The zero-order valence-corrected chi connectivity index (χ0v) is 9.96. The van der Waals surface area contributed by atoms with Crippen LogP contribution in [0, 0.1) is 20.8 Å². The van der Waals surface area contributed by atoms with Crippen LogP contribution < -0.4 is 0 Å². The maximum absolute atomic E-state index is 4.76. The van der Waals surface area contributed by atoms with Crippen molar-refractivity contribution in [3.05, 3.63) is 52.2 Å². The topological polar surface area (TPSA) is 12.9 Å². The Labute approximate surface area is 96.2 Å². The van der Waals surface area contributed by atoms with Gasteiger partial charge in [0.2, 0.25) is 0 Å². The van der Waals surface area contributed by atoms with Gasteiger partial charge in [-0.3, -0.25) is 4.98 Å². The number of rotatable bonds is 0. The molecule has 3 rings (SSSR count). The van der Waals surface area contributed by atoms with Crippen LogP contribution in [-0.2, 0) is 6.42 Å². The third kappa shape index (κ3) is 1.21. The van der Waals surface area contributed by atoms with E-state index in [1.807, 2.05) is 0 Å². The largest absolute Gasteiger partial charge is 0.253 e. The number of aryl methyl sites for hydroxylation is 3. The molecule has 0 amide bonds. The summed E-state index contributed by atoms with van der Waals surface area (Å²) in [5, 5.41) is 0. The molecule has 1 aliphatic rings. The normalized spacial score (nSPS) is 12.4. The van der Waals surface area contributed by atoms with Gasteiger partial charge in [-0.05, 0) is 43.0 Å². The van der Waals surface area contributed by atoms with E-state index in [1.54, 1.807) is 0 Å². The molecule has 16 heavy (non-hydrogen) atoms. The van der Waals surface area contributed by atoms with Gasteiger partial charge in [0.25, 0.3) is 0 Å². The van der Waals surface area contributed by atoms with Crippen molar-refractivity contribution >= 4 is 0 Å². The molecule has 0 N–H and O–H groups in total. The fraction of sp³-hybridized carbons (Fsp3) is 0.267. The summed E-state index contributed by atoms with van der Waals surface area (Å²) in [6.45, 7) is 6.40. The maximum Gasteiger partial charge on any atom is 0.0746 e. The second-order valence-corrected chi connectivity index (χ2v) is 4.68. The van der Waals surface area contributed by atoms with Crippen molar-refractivity contribution in [1.82, 2.24) is 4.98 Å². The van der Waals surface area contributed by atoms with Gasteiger partial charge in [-0.25, -0.2) is 0 Å². The Morgan fingerprint density at radius 2 is 1.81 bits per heavy atom. The van der Waals surface area contributed by atoms with Gasteiger partial charge in [0.05, 0.1) is 5.69 Å². The predicted octanol–water partition coefficient (Wildman–Crippen LogP) is 3.58. The maximum atomic E-state index is 4.76. The molecule has 1 heterocycles. The van der Waals surface area contributed by atoms with Gasteiger partial charge in [-0.2, -0.15) is 0 Å². The molecule has 0 spiro atoms. The Morgan fingerprint density at radius 3 is 2.62 bits per heavy atom. The molecule has 0 saturated carbocycles. The zero-order chi connectivity index (χ0) is 11.3. The summed E-state index contributed by atoms with van der Waals surface area (Å²) in [5.74, 6) is 0. The molecule has 1 aromatic heterocycles. The van der Waals surface area contributed by atoms with E-state index in [1.165, 1.54) is 33.5 Å². The van der Waals surface area contributed by atoms with Crippen LogP contribution >= 0.6 is 0 Å². The first-order chi connectivity index (χ1) is 7.66. The molecule has 2 aromatic rings. The van der Waals surface area contributed by atoms with Crippen LogP contribution in [0.25, 0.3) is 11.3 Å². The molecule has 0 radical (unpaired) electrons. The van der Waals surface area contributed by atoms with E-state index >= 15 is 0 Å². The predicted molar refractivity (Wildman–Crippen MR) is 66.7 cm³/mol. The van der Waals surface area contributed by atoms with Crippen LogP contribution in [-0.4, -0.2) is 4.98 Å². The summed E-state index contributed by atoms with van der Waals surface area (Å²) in [4.78, 5) is 4.76. The minimum absolute atomic E-state index is 1.04. The van der Waals surface area contributed by atoms with Crippen molar-refractivity contribution in [2.75, 3.05) is 0 Å². The Bertz CT molecular complexity index is 582. The Balaban J connectivity index is 2.32. The van der Waals surface area contributed by atoms with Crippen LogP contribution in [0.5, 0.6) is 0 Å². The van der Waals surface area contributed by atoms with Crippen molar-refractivity contribution in [1.29, 1.82) is 0 Å². The molecular formula is C15H15N. The first kappa shape index (κ1) is 9.59. The van der Waals surface area contributed by atoms with E-state index in [9.17, 15) is 0 Å². The summed E-state index contributed by atoms with van der Waals surface area (Å²) in [5.41, 5.74) is 9.16. The monoisotopic (exact) mass is 209 g/mol. The number of benzene rings is 1. The lowest BCUT2D eigenvalue weighted by atomic mass is 10.0. The Kier molecular flexibility index (Phi) is 1.90. The second-order valence-electron chi connectivity index (χ2n) is 4.68. The molecule has 0 bridgehead atoms. The van der Waals surface area contributed by atoms with Gasteiger partial charge in [0, 0.05) is 17.7 Å². The number of hydrogen-bond acceptors (Lipinski definition) is 1. The van der Waals surface area contributed by atoms with E-state index in [-0.39, 0.29) is 0 Å². The van der Waals surface area contributed by atoms with Crippen molar-refractivity contribution in [2.45, 2.75) is 27.2 Å². The van der Waals surface area contributed by atoms with Crippen molar-refractivity contribution in [2.24, 2.45) is 0 Å². The first-order valence-electron chi connectivity index (χ1n) is 5.73. The molecular weight excluding hydrogens is 194 g/mol. The summed E-state index contributed by atoms with van der Waals surface area (Å²) in [6, 6.07) is 8.82. The SMILES string of the molecule is Cc1cc2c(nc1C)-c1c(C)cccc1C2. The highest BCUT2D eigenvalue weighted by atomic mass is 14.7. The molecule has 0 aliphatic heterocycles.